The monoisotopic (exact) mass is 1040 g/mol. The topological polar surface area (TPSA) is 78.9 Å². The number of aryl methyl sites for hydroxylation is 5. The van der Waals surface area contributed by atoms with Crippen LogP contribution in [0.1, 0.15) is 78.3 Å². The van der Waals surface area contributed by atoms with Gasteiger partial charge < -0.3 is 14.2 Å². The largest absolute Gasteiger partial charge is 0.423 e. The zero-order valence-corrected chi connectivity index (χ0v) is 43.1. The Labute approximate surface area is 445 Å². The van der Waals surface area contributed by atoms with E-state index < -0.39 is 36.2 Å². The lowest BCUT2D eigenvalue weighted by atomic mass is 10.0. The number of hydrogen-bond donors (Lipinski definition) is 0. The van der Waals surface area contributed by atoms with E-state index in [9.17, 15) is 36.3 Å². The molecule has 0 aliphatic rings. The van der Waals surface area contributed by atoms with Gasteiger partial charge >= 0.3 is 24.1 Å². The summed E-state index contributed by atoms with van der Waals surface area (Å²) in [6.07, 6.45) is -3.77. The normalized spacial score (nSPS) is 10.8. The highest BCUT2D eigenvalue weighted by atomic mass is 19.4. The maximum absolute atomic E-state index is 14.4. The first-order chi connectivity index (χ1) is 36.9. The molecule has 0 radical (unpaired) electrons. The van der Waals surface area contributed by atoms with Crippen LogP contribution >= 0.6 is 0 Å². The Hall–Kier alpha value is -8.96. The predicted molar refractivity (Wildman–Crippen MR) is 292 cm³/mol. The number of esters is 3. The molecule has 0 unspecified atom stereocenters. The molecule has 9 rings (SSSR count). The number of alkyl halides is 3. The molecule has 0 aromatic heterocycles. The molecule has 0 N–H and O–H groups in total. The third-order valence-corrected chi connectivity index (χ3v) is 12.3. The van der Waals surface area contributed by atoms with Crippen LogP contribution in [0.2, 0.25) is 0 Å². The molecule has 9 aromatic carbocycles. The Bertz CT molecular complexity index is 3410. The fourth-order valence-electron chi connectivity index (χ4n) is 7.77. The van der Waals surface area contributed by atoms with E-state index in [1.807, 2.05) is 118 Å². The van der Waals surface area contributed by atoms with E-state index in [4.69, 9.17) is 14.2 Å². The van der Waals surface area contributed by atoms with Gasteiger partial charge in [-0.2, -0.15) is 13.2 Å². The Morgan fingerprint density at radius 3 is 1.12 bits per heavy atom. The number of carbonyl (C=O) groups excluding carboxylic acids is 3. The highest BCUT2D eigenvalue weighted by molar-refractivity contribution is 5.93. The summed E-state index contributed by atoms with van der Waals surface area (Å²) in [5.74, 6) is -2.07. The van der Waals surface area contributed by atoms with Crippen molar-refractivity contribution in [3.05, 3.63) is 268 Å². The Kier molecular flexibility index (Phi) is 18.8. The van der Waals surface area contributed by atoms with E-state index in [1.165, 1.54) is 59.2 Å². The SMILES string of the molecule is CCc1ccc(OC(=O)c2ccc(-c3ccc(C)cc3)cc2)cc1.CCc1ccc(OC(=O)c2ccc(-c3ccc(C)cc3)cc2F)cc1F.Cc1ccc(-c2ccc(C(=O)Oc3ccc(CC(F)(F)F)cc3)cc2)cc1. The van der Waals surface area contributed by atoms with Crippen LogP contribution in [0, 0.1) is 32.4 Å². The summed E-state index contributed by atoms with van der Waals surface area (Å²) in [7, 11) is 0. The fraction of sp³-hybridized carbons (Fsp3) is 0.136. The van der Waals surface area contributed by atoms with Crippen molar-refractivity contribution >= 4 is 17.9 Å². The van der Waals surface area contributed by atoms with Crippen LogP contribution in [0.15, 0.2) is 206 Å². The number of ether oxygens (including phenoxy) is 3. The molecule has 0 bridgehead atoms. The Morgan fingerprint density at radius 2 is 0.740 bits per heavy atom. The minimum Gasteiger partial charge on any atom is -0.423 e. The number of carbonyl (C=O) groups is 3. The maximum Gasteiger partial charge on any atom is 0.393 e. The molecule has 0 aliphatic heterocycles. The lowest BCUT2D eigenvalue weighted by Gasteiger charge is -2.08. The van der Waals surface area contributed by atoms with Crippen LogP contribution in [0.5, 0.6) is 17.2 Å². The second-order valence-electron chi connectivity index (χ2n) is 18.2. The summed E-state index contributed by atoms with van der Waals surface area (Å²) in [5, 5.41) is 0. The van der Waals surface area contributed by atoms with Crippen molar-refractivity contribution in [2.45, 2.75) is 60.1 Å². The van der Waals surface area contributed by atoms with E-state index in [0.717, 1.165) is 45.9 Å². The van der Waals surface area contributed by atoms with Gasteiger partial charge in [0, 0.05) is 6.07 Å². The van der Waals surface area contributed by atoms with Crippen LogP contribution in [-0.2, 0) is 19.3 Å². The molecule has 77 heavy (non-hydrogen) atoms. The number of halogens is 5. The van der Waals surface area contributed by atoms with Gasteiger partial charge in [0.15, 0.2) is 0 Å². The van der Waals surface area contributed by atoms with Gasteiger partial charge in [0.05, 0.1) is 23.1 Å². The second-order valence-corrected chi connectivity index (χ2v) is 18.2. The first kappa shape index (κ1) is 55.8. The number of benzene rings is 9. The summed E-state index contributed by atoms with van der Waals surface area (Å²) in [4.78, 5) is 36.7. The highest BCUT2D eigenvalue weighted by Crippen LogP contribution is 2.27. The highest BCUT2D eigenvalue weighted by Gasteiger charge is 2.27. The maximum atomic E-state index is 14.4. The van der Waals surface area contributed by atoms with E-state index in [0.29, 0.717) is 34.4 Å². The van der Waals surface area contributed by atoms with Crippen molar-refractivity contribution in [1.82, 2.24) is 0 Å². The quantitative estimate of drug-likeness (QED) is 0.0689. The van der Waals surface area contributed by atoms with Crippen molar-refractivity contribution in [1.29, 1.82) is 0 Å². The molecule has 0 saturated carbocycles. The molecule has 390 valence electrons. The number of hydrogen-bond acceptors (Lipinski definition) is 6. The number of rotatable bonds is 12. The lowest BCUT2D eigenvalue weighted by molar-refractivity contribution is -0.127. The van der Waals surface area contributed by atoms with Gasteiger partial charge in [-0.05, 0) is 150 Å². The van der Waals surface area contributed by atoms with Crippen LogP contribution in [0.25, 0.3) is 33.4 Å². The lowest BCUT2D eigenvalue weighted by Crippen LogP contribution is -2.11. The van der Waals surface area contributed by atoms with Crippen molar-refractivity contribution in [3.63, 3.8) is 0 Å². The molecule has 0 spiro atoms. The van der Waals surface area contributed by atoms with E-state index in [1.54, 1.807) is 36.4 Å². The average Bonchev–Trinajstić information content (AvgIpc) is 3.42. The molecule has 0 aliphatic carbocycles. The van der Waals surface area contributed by atoms with Crippen molar-refractivity contribution < 1.29 is 50.5 Å². The summed E-state index contributed by atoms with van der Waals surface area (Å²) < 4.78 is 81.0. The fourth-order valence-corrected chi connectivity index (χ4v) is 7.77. The van der Waals surface area contributed by atoms with Crippen molar-refractivity contribution in [2.75, 3.05) is 0 Å². The van der Waals surface area contributed by atoms with Crippen LogP contribution in [0.4, 0.5) is 22.0 Å². The third-order valence-electron chi connectivity index (χ3n) is 12.3. The Balaban J connectivity index is 0.000000168. The average molecular weight is 1040 g/mol. The van der Waals surface area contributed by atoms with E-state index in [-0.39, 0.29) is 28.6 Å². The van der Waals surface area contributed by atoms with Crippen LogP contribution in [-0.4, -0.2) is 24.1 Å². The molecule has 0 atom stereocenters. The molecule has 11 heteroatoms. The molecule has 0 saturated heterocycles. The van der Waals surface area contributed by atoms with Crippen molar-refractivity contribution in [2.24, 2.45) is 0 Å². The second kappa shape index (κ2) is 26.0. The summed E-state index contributed by atoms with van der Waals surface area (Å²) in [6, 6.07) is 59.9. The zero-order valence-electron chi connectivity index (χ0n) is 43.1. The Morgan fingerprint density at radius 1 is 0.377 bits per heavy atom. The van der Waals surface area contributed by atoms with Gasteiger partial charge in [-0.1, -0.05) is 164 Å². The van der Waals surface area contributed by atoms with E-state index in [2.05, 4.69) is 38.1 Å². The van der Waals surface area contributed by atoms with Gasteiger partial charge in [0.1, 0.15) is 28.9 Å². The van der Waals surface area contributed by atoms with Gasteiger partial charge in [-0.15, -0.1) is 0 Å². The third kappa shape index (κ3) is 16.3. The first-order valence-corrected chi connectivity index (χ1v) is 24.8. The molecule has 9 aromatic rings. The smallest absolute Gasteiger partial charge is 0.393 e. The molecular formula is C66H55F5O6. The van der Waals surface area contributed by atoms with Crippen LogP contribution < -0.4 is 14.2 Å². The standard InChI is InChI=1S/C22H17F3O2.C22H18F2O2.C22H20O2/c1-15-2-6-17(7-3-15)18-8-10-19(11-9-18)21(26)27-20-12-4-16(5-13-20)14-22(23,24)25;1-3-15-8-10-18(13-20(15)23)26-22(25)19-11-9-17(12-21(19)24)16-6-4-14(2)5-7-16;1-3-17-6-14-21(15-7-17)24-22(23)20-12-10-19(11-13-20)18-8-4-16(2)5-9-18/h2-13H,14H2,1H3;4-13H,3H2,1-2H3;4-15H,3H2,1-2H3. The predicted octanol–water partition coefficient (Wildman–Crippen LogP) is 17.2. The van der Waals surface area contributed by atoms with Crippen LogP contribution in [0.3, 0.4) is 0 Å². The van der Waals surface area contributed by atoms with Crippen molar-refractivity contribution in [3.8, 4) is 50.6 Å². The van der Waals surface area contributed by atoms with Gasteiger partial charge in [-0.3, -0.25) is 0 Å². The van der Waals surface area contributed by atoms with Gasteiger partial charge in [0.2, 0.25) is 0 Å². The zero-order chi connectivity index (χ0) is 55.1. The molecular weight excluding hydrogens is 984 g/mol. The molecule has 6 nitrogen and oxygen atoms in total. The molecule has 0 fully saturated rings. The minimum absolute atomic E-state index is 0.0479. The summed E-state index contributed by atoms with van der Waals surface area (Å²) in [5.41, 5.74) is 11.8. The van der Waals surface area contributed by atoms with E-state index >= 15 is 0 Å². The molecule has 0 heterocycles. The summed E-state index contributed by atoms with van der Waals surface area (Å²) >= 11 is 0. The van der Waals surface area contributed by atoms with Gasteiger partial charge in [-0.25, -0.2) is 23.2 Å². The first-order valence-electron chi connectivity index (χ1n) is 24.8. The molecule has 0 amide bonds. The summed E-state index contributed by atoms with van der Waals surface area (Å²) in [6.45, 7) is 9.97. The van der Waals surface area contributed by atoms with Gasteiger partial charge in [0.25, 0.3) is 0 Å². The minimum atomic E-state index is -4.27.